The normalized spacial score (nSPS) is 22.7. The van der Waals surface area contributed by atoms with Gasteiger partial charge in [-0.2, -0.15) is 0 Å². The summed E-state index contributed by atoms with van der Waals surface area (Å²) in [5.41, 5.74) is 0. The second-order valence-electron chi connectivity index (χ2n) is 8.45. The van der Waals surface area contributed by atoms with E-state index in [0.29, 0.717) is 6.04 Å². The average molecular weight is 493 g/mol. The van der Waals surface area contributed by atoms with Gasteiger partial charge in [-0.1, -0.05) is 33.1 Å². The van der Waals surface area contributed by atoms with Crippen molar-refractivity contribution in [3.63, 3.8) is 0 Å². The van der Waals surface area contributed by atoms with Crippen molar-refractivity contribution in [1.29, 1.82) is 0 Å². The Kier molecular flexibility index (Phi) is 11.0. The molecule has 1 aliphatic carbocycles. The molecule has 0 radical (unpaired) electrons. The second-order valence-corrected chi connectivity index (χ2v) is 8.45. The maximum atomic E-state index is 12.2. The van der Waals surface area contributed by atoms with Gasteiger partial charge in [0.2, 0.25) is 5.91 Å². The van der Waals surface area contributed by atoms with Gasteiger partial charge in [0.25, 0.3) is 0 Å². The topological polar surface area (TPSA) is 60.0 Å². The van der Waals surface area contributed by atoms with Crippen LogP contribution in [0.4, 0.5) is 0 Å². The van der Waals surface area contributed by atoms with Crippen LogP contribution in [-0.4, -0.2) is 74.5 Å². The molecule has 0 aromatic rings. The molecule has 0 aromatic carbocycles. The minimum Gasteiger partial charge on any atom is -0.355 e. The molecule has 2 unspecified atom stereocenters. The Morgan fingerprint density at radius 3 is 2.41 bits per heavy atom. The highest BCUT2D eigenvalue weighted by atomic mass is 127. The lowest BCUT2D eigenvalue weighted by Gasteiger charge is -2.35. The smallest absolute Gasteiger partial charge is 0.225 e. The number of halogens is 1. The zero-order valence-corrected chi connectivity index (χ0v) is 20.2. The quantitative estimate of drug-likeness (QED) is 0.339. The van der Waals surface area contributed by atoms with Crippen LogP contribution >= 0.6 is 24.0 Å². The first kappa shape index (κ1) is 24.5. The molecule has 27 heavy (non-hydrogen) atoms. The summed E-state index contributed by atoms with van der Waals surface area (Å²) in [6.45, 7) is 6.47. The molecule has 2 N–H and O–H groups in total. The van der Waals surface area contributed by atoms with E-state index in [0.717, 1.165) is 37.9 Å². The van der Waals surface area contributed by atoms with Crippen LogP contribution in [0.25, 0.3) is 0 Å². The van der Waals surface area contributed by atoms with Crippen molar-refractivity contribution >= 4 is 35.8 Å². The predicted octanol–water partition coefficient (Wildman–Crippen LogP) is 2.54. The van der Waals surface area contributed by atoms with Gasteiger partial charge in [-0.05, 0) is 39.3 Å². The van der Waals surface area contributed by atoms with Crippen LogP contribution in [-0.2, 0) is 4.79 Å². The standard InChI is InChI=1S/C20H39N5O.HI/c1-15(2)19(26)25-12-11-17(14-25)23-20(21-3)22-13-18(24(4)5)16-9-7-6-8-10-16;/h15-18H,6-14H2,1-5H3,(H2,21,22,23);1H. The van der Waals surface area contributed by atoms with Crippen molar-refractivity contribution in [3.8, 4) is 0 Å². The molecule has 158 valence electrons. The molecular weight excluding hydrogens is 453 g/mol. The fourth-order valence-corrected chi connectivity index (χ4v) is 4.32. The Morgan fingerprint density at radius 1 is 1.19 bits per heavy atom. The Morgan fingerprint density at radius 2 is 1.85 bits per heavy atom. The fourth-order valence-electron chi connectivity index (χ4n) is 4.32. The van der Waals surface area contributed by atoms with Crippen LogP contribution in [0.1, 0.15) is 52.4 Å². The minimum absolute atomic E-state index is 0. The van der Waals surface area contributed by atoms with E-state index in [9.17, 15) is 4.79 Å². The molecule has 2 atom stereocenters. The zero-order chi connectivity index (χ0) is 19.1. The summed E-state index contributed by atoms with van der Waals surface area (Å²) in [6, 6.07) is 0.827. The van der Waals surface area contributed by atoms with E-state index in [-0.39, 0.29) is 41.8 Å². The van der Waals surface area contributed by atoms with Gasteiger partial charge in [-0.3, -0.25) is 9.79 Å². The molecule has 1 amide bonds. The van der Waals surface area contributed by atoms with Crippen molar-refractivity contribution in [2.75, 3.05) is 40.8 Å². The summed E-state index contributed by atoms with van der Waals surface area (Å²) < 4.78 is 0. The minimum atomic E-state index is 0. The fraction of sp³-hybridized carbons (Fsp3) is 0.900. The van der Waals surface area contributed by atoms with Gasteiger partial charge in [0.1, 0.15) is 0 Å². The summed E-state index contributed by atoms with van der Waals surface area (Å²) in [5.74, 6) is 1.95. The third-order valence-electron chi connectivity index (χ3n) is 5.89. The first-order valence-corrected chi connectivity index (χ1v) is 10.3. The Balaban J connectivity index is 0.00000364. The lowest BCUT2D eigenvalue weighted by Crippen LogP contribution is -2.51. The van der Waals surface area contributed by atoms with Crippen LogP contribution in [0.2, 0.25) is 0 Å². The third-order valence-corrected chi connectivity index (χ3v) is 5.89. The number of carbonyl (C=O) groups is 1. The van der Waals surface area contributed by atoms with E-state index in [1.54, 1.807) is 0 Å². The van der Waals surface area contributed by atoms with Gasteiger partial charge in [0.05, 0.1) is 0 Å². The van der Waals surface area contributed by atoms with Gasteiger partial charge < -0.3 is 20.4 Å². The molecule has 0 bridgehead atoms. The Bertz CT molecular complexity index is 477. The van der Waals surface area contributed by atoms with Crippen LogP contribution in [0.3, 0.4) is 0 Å². The van der Waals surface area contributed by atoms with E-state index in [4.69, 9.17) is 0 Å². The lowest BCUT2D eigenvalue weighted by molar-refractivity contribution is -0.133. The van der Waals surface area contributed by atoms with Crippen molar-refractivity contribution in [2.45, 2.75) is 64.5 Å². The largest absolute Gasteiger partial charge is 0.355 e. The Labute approximate surface area is 182 Å². The summed E-state index contributed by atoms with van der Waals surface area (Å²) >= 11 is 0. The van der Waals surface area contributed by atoms with E-state index in [1.807, 2.05) is 25.8 Å². The highest BCUT2D eigenvalue weighted by Crippen LogP contribution is 2.28. The highest BCUT2D eigenvalue weighted by Gasteiger charge is 2.29. The number of likely N-dealkylation sites (N-methyl/N-ethyl adjacent to an activating group) is 1. The molecule has 1 aliphatic heterocycles. The number of carbonyl (C=O) groups excluding carboxylic acids is 1. The summed E-state index contributed by atoms with van der Waals surface area (Å²) in [6.07, 6.45) is 7.78. The second kappa shape index (κ2) is 12.1. The summed E-state index contributed by atoms with van der Waals surface area (Å²) in [5, 5.41) is 7.05. The molecule has 0 aromatic heterocycles. The van der Waals surface area contributed by atoms with E-state index >= 15 is 0 Å². The van der Waals surface area contributed by atoms with Crippen LogP contribution in [0.5, 0.6) is 0 Å². The van der Waals surface area contributed by atoms with Gasteiger partial charge in [0, 0.05) is 44.7 Å². The molecular formula is C20H40IN5O. The number of nitrogens with one attached hydrogen (secondary N) is 2. The number of amides is 1. The van der Waals surface area contributed by atoms with Crippen molar-refractivity contribution in [1.82, 2.24) is 20.4 Å². The highest BCUT2D eigenvalue weighted by molar-refractivity contribution is 14.0. The van der Waals surface area contributed by atoms with Crippen LogP contribution in [0.15, 0.2) is 4.99 Å². The van der Waals surface area contributed by atoms with Crippen LogP contribution in [0, 0.1) is 11.8 Å². The number of hydrogen-bond acceptors (Lipinski definition) is 3. The van der Waals surface area contributed by atoms with Crippen molar-refractivity contribution in [3.05, 3.63) is 0 Å². The van der Waals surface area contributed by atoms with Gasteiger partial charge in [-0.15, -0.1) is 24.0 Å². The number of rotatable bonds is 6. The van der Waals surface area contributed by atoms with Gasteiger partial charge >= 0.3 is 0 Å². The molecule has 1 heterocycles. The first-order valence-electron chi connectivity index (χ1n) is 10.3. The van der Waals surface area contributed by atoms with Crippen LogP contribution < -0.4 is 10.6 Å². The maximum Gasteiger partial charge on any atom is 0.225 e. The SMILES string of the molecule is CN=C(NCC(C1CCCCC1)N(C)C)NC1CCN(C(=O)C(C)C)C1.I. The third kappa shape index (κ3) is 7.40. The molecule has 2 rings (SSSR count). The number of likely N-dealkylation sites (tertiary alicyclic amines) is 1. The first-order chi connectivity index (χ1) is 12.4. The number of aliphatic imine (C=N–C) groups is 1. The molecule has 7 heteroatoms. The molecule has 0 spiro atoms. The van der Waals surface area contributed by atoms with Gasteiger partial charge in [-0.25, -0.2) is 0 Å². The van der Waals surface area contributed by atoms with E-state index < -0.39 is 0 Å². The Hall–Kier alpha value is -0.570. The number of guanidine groups is 1. The molecule has 1 saturated heterocycles. The van der Waals surface area contributed by atoms with E-state index in [1.165, 1.54) is 32.1 Å². The average Bonchev–Trinajstić information content (AvgIpc) is 3.09. The number of hydrogen-bond donors (Lipinski definition) is 2. The summed E-state index contributed by atoms with van der Waals surface area (Å²) in [4.78, 5) is 20.9. The molecule has 6 nitrogen and oxygen atoms in total. The number of nitrogens with zero attached hydrogens (tertiary/aromatic N) is 3. The zero-order valence-electron chi connectivity index (χ0n) is 17.8. The molecule has 1 saturated carbocycles. The van der Waals surface area contributed by atoms with E-state index in [2.05, 4.69) is 34.6 Å². The van der Waals surface area contributed by atoms with Crippen molar-refractivity contribution in [2.24, 2.45) is 16.8 Å². The molecule has 2 aliphatic rings. The monoisotopic (exact) mass is 493 g/mol. The van der Waals surface area contributed by atoms with Crippen molar-refractivity contribution < 1.29 is 4.79 Å². The maximum absolute atomic E-state index is 12.2. The lowest BCUT2D eigenvalue weighted by atomic mass is 9.83. The van der Waals surface area contributed by atoms with Gasteiger partial charge in [0.15, 0.2) is 5.96 Å². The summed E-state index contributed by atoms with van der Waals surface area (Å²) in [7, 11) is 6.19. The molecule has 2 fully saturated rings. The predicted molar refractivity (Wildman–Crippen MR) is 124 cm³/mol.